The van der Waals surface area contributed by atoms with E-state index in [2.05, 4.69) is 4.90 Å². The molecule has 0 amide bonds. The summed E-state index contributed by atoms with van der Waals surface area (Å²) in [5.74, 6) is 0. The van der Waals surface area contributed by atoms with Crippen LogP contribution in [0.25, 0.3) is 0 Å². The second-order valence-electron chi connectivity index (χ2n) is 5.92. The van der Waals surface area contributed by atoms with Crippen LogP contribution in [0.2, 0.25) is 0 Å². The largest absolute Gasteiger partial charge is 0.389 e. The van der Waals surface area contributed by atoms with Crippen LogP contribution >= 0.6 is 0 Å². The van der Waals surface area contributed by atoms with Crippen molar-refractivity contribution >= 4 is 0 Å². The van der Waals surface area contributed by atoms with Crippen molar-refractivity contribution in [2.75, 3.05) is 32.8 Å². The number of ether oxygens (including phenoxy) is 1. The number of aliphatic hydroxyl groups is 1. The Balaban J connectivity index is 1.64. The first-order chi connectivity index (χ1) is 8.72. The zero-order valence-corrected chi connectivity index (χ0v) is 11.4. The summed E-state index contributed by atoms with van der Waals surface area (Å²) in [5.41, 5.74) is 5.06. The smallest absolute Gasteiger partial charge is 0.0774 e. The van der Waals surface area contributed by atoms with Gasteiger partial charge in [-0.05, 0) is 38.6 Å². The van der Waals surface area contributed by atoms with E-state index >= 15 is 0 Å². The molecule has 4 heteroatoms. The molecule has 0 aromatic rings. The second kappa shape index (κ2) is 6.85. The molecule has 4 nitrogen and oxygen atoms in total. The number of piperidine rings is 1. The summed E-state index contributed by atoms with van der Waals surface area (Å²) in [6.07, 6.45) is 7.91. The minimum atomic E-state index is -0.396. The highest BCUT2D eigenvalue weighted by Crippen LogP contribution is 2.31. The highest BCUT2D eigenvalue weighted by atomic mass is 16.5. The third-order valence-electron chi connectivity index (χ3n) is 4.29. The average Bonchev–Trinajstić information content (AvgIpc) is 2.78. The van der Waals surface area contributed by atoms with E-state index in [-0.39, 0.29) is 0 Å². The summed E-state index contributed by atoms with van der Waals surface area (Å²) in [7, 11) is 0. The van der Waals surface area contributed by atoms with Crippen molar-refractivity contribution < 1.29 is 9.84 Å². The zero-order valence-electron chi connectivity index (χ0n) is 11.4. The van der Waals surface area contributed by atoms with Gasteiger partial charge in [0.05, 0.1) is 11.7 Å². The highest BCUT2D eigenvalue weighted by Gasteiger charge is 2.34. The van der Waals surface area contributed by atoms with Gasteiger partial charge in [0, 0.05) is 26.2 Å². The number of likely N-dealkylation sites (tertiary alicyclic amines) is 1. The van der Waals surface area contributed by atoms with Gasteiger partial charge in [0.2, 0.25) is 0 Å². The topological polar surface area (TPSA) is 58.7 Å². The van der Waals surface area contributed by atoms with Gasteiger partial charge in [-0.15, -0.1) is 0 Å². The van der Waals surface area contributed by atoms with E-state index in [9.17, 15) is 5.11 Å². The quantitative estimate of drug-likeness (QED) is 0.699. The van der Waals surface area contributed by atoms with Gasteiger partial charge in [-0.1, -0.05) is 12.8 Å². The molecule has 2 rings (SSSR count). The fourth-order valence-electron chi connectivity index (χ4n) is 3.17. The summed E-state index contributed by atoms with van der Waals surface area (Å²) in [5, 5.41) is 10.4. The maximum Gasteiger partial charge on any atom is 0.0774 e. The lowest BCUT2D eigenvalue weighted by atomic mass is 9.99. The summed E-state index contributed by atoms with van der Waals surface area (Å²) < 4.78 is 5.80. The fraction of sp³-hybridized carbons (Fsp3) is 1.00. The summed E-state index contributed by atoms with van der Waals surface area (Å²) in [6.45, 7) is 4.50. The maximum absolute atomic E-state index is 10.4. The lowest BCUT2D eigenvalue weighted by Crippen LogP contribution is -2.46. The Kier molecular flexibility index (Phi) is 5.42. The van der Waals surface area contributed by atoms with Crippen LogP contribution in [0.3, 0.4) is 0 Å². The number of hydrogen-bond acceptors (Lipinski definition) is 4. The van der Waals surface area contributed by atoms with Gasteiger partial charge in [0.1, 0.15) is 0 Å². The molecule has 0 bridgehead atoms. The number of rotatable bonds is 6. The van der Waals surface area contributed by atoms with Crippen molar-refractivity contribution in [1.82, 2.24) is 4.90 Å². The Morgan fingerprint density at radius 1 is 1.22 bits per heavy atom. The van der Waals surface area contributed by atoms with Crippen molar-refractivity contribution in [1.29, 1.82) is 0 Å². The Morgan fingerprint density at radius 3 is 2.50 bits per heavy atom. The molecule has 0 atom stereocenters. The minimum Gasteiger partial charge on any atom is -0.389 e. The van der Waals surface area contributed by atoms with Gasteiger partial charge < -0.3 is 20.5 Å². The highest BCUT2D eigenvalue weighted by molar-refractivity contribution is 4.88. The standard InChI is InChI=1S/C14H28N2O2/c15-8-3-11-18-13-4-9-16(10-5-13)12-14(17)6-1-2-7-14/h13,17H,1-12,15H2. The molecule has 0 aromatic heterocycles. The summed E-state index contributed by atoms with van der Waals surface area (Å²) in [6, 6.07) is 0. The van der Waals surface area contributed by atoms with E-state index in [4.69, 9.17) is 10.5 Å². The van der Waals surface area contributed by atoms with E-state index in [0.717, 1.165) is 58.3 Å². The molecular weight excluding hydrogens is 228 g/mol. The van der Waals surface area contributed by atoms with Crippen molar-refractivity contribution in [3.63, 3.8) is 0 Å². The second-order valence-corrected chi connectivity index (χ2v) is 5.92. The molecular formula is C14H28N2O2. The zero-order chi connectivity index (χ0) is 12.8. The van der Waals surface area contributed by atoms with Crippen LogP contribution in [0.5, 0.6) is 0 Å². The van der Waals surface area contributed by atoms with Crippen LogP contribution in [0.4, 0.5) is 0 Å². The molecule has 2 fully saturated rings. The third kappa shape index (κ3) is 4.19. The van der Waals surface area contributed by atoms with E-state index in [1.54, 1.807) is 0 Å². The van der Waals surface area contributed by atoms with Gasteiger partial charge in [-0.2, -0.15) is 0 Å². The van der Waals surface area contributed by atoms with Gasteiger partial charge >= 0.3 is 0 Å². The SMILES string of the molecule is NCCCOC1CCN(CC2(O)CCCC2)CC1. The summed E-state index contributed by atoms with van der Waals surface area (Å²) in [4.78, 5) is 2.41. The average molecular weight is 256 g/mol. The summed E-state index contributed by atoms with van der Waals surface area (Å²) >= 11 is 0. The first kappa shape index (κ1) is 14.3. The fourth-order valence-corrected chi connectivity index (χ4v) is 3.17. The van der Waals surface area contributed by atoms with Crippen molar-refractivity contribution in [3.05, 3.63) is 0 Å². The Hall–Kier alpha value is -0.160. The van der Waals surface area contributed by atoms with Crippen LogP contribution in [0, 0.1) is 0 Å². The van der Waals surface area contributed by atoms with E-state index in [0.29, 0.717) is 12.6 Å². The molecule has 0 spiro atoms. The molecule has 1 aliphatic carbocycles. The molecule has 0 radical (unpaired) electrons. The van der Waals surface area contributed by atoms with Crippen molar-refractivity contribution in [2.24, 2.45) is 5.73 Å². The van der Waals surface area contributed by atoms with Crippen LogP contribution < -0.4 is 5.73 Å². The lowest BCUT2D eigenvalue weighted by Gasteiger charge is -2.36. The van der Waals surface area contributed by atoms with Gasteiger partial charge in [0.15, 0.2) is 0 Å². The van der Waals surface area contributed by atoms with Crippen LogP contribution in [-0.4, -0.2) is 54.5 Å². The molecule has 2 aliphatic rings. The van der Waals surface area contributed by atoms with Gasteiger partial charge in [-0.3, -0.25) is 0 Å². The molecule has 1 heterocycles. The Bertz CT molecular complexity index is 234. The molecule has 0 unspecified atom stereocenters. The number of nitrogens with two attached hydrogens (primary N) is 1. The molecule has 1 aliphatic heterocycles. The third-order valence-corrected chi connectivity index (χ3v) is 4.29. The first-order valence-corrected chi connectivity index (χ1v) is 7.48. The number of β-amino-alcohol motifs (C(OH)–C–C–N with tert-alkyl or cyclic N) is 1. The Morgan fingerprint density at radius 2 is 1.89 bits per heavy atom. The number of nitrogens with zero attached hydrogens (tertiary/aromatic N) is 1. The predicted octanol–water partition coefficient (Wildman–Crippen LogP) is 1.12. The molecule has 3 N–H and O–H groups in total. The van der Waals surface area contributed by atoms with E-state index < -0.39 is 5.60 Å². The lowest BCUT2D eigenvalue weighted by molar-refractivity contribution is -0.0287. The van der Waals surface area contributed by atoms with Gasteiger partial charge in [0.25, 0.3) is 0 Å². The van der Waals surface area contributed by atoms with Crippen LogP contribution in [-0.2, 0) is 4.74 Å². The van der Waals surface area contributed by atoms with E-state index in [1.165, 1.54) is 12.8 Å². The molecule has 1 saturated heterocycles. The van der Waals surface area contributed by atoms with Crippen molar-refractivity contribution in [3.8, 4) is 0 Å². The van der Waals surface area contributed by atoms with Gasteiger partial charge in [-0.25, -0.2) is 0 Å². The van der Waals surface area contributed by atoms with Crippen LogP contribution in [0.1, 0.15) is 44.9 Å². The normalized spacial score (nSPS) is 25.7. The van der Waals surface area contributed by atoms with Crippen molar-refractivity contribution in [2.45, 2.75) is 56.7 Å². The molecule has 18 heavy (non-hydrogen) atoms. The number of hydrogen-bond donors (Lipinski definition) is 2. The van der Waals surface area contributed by atoms with Crippen LogP contribution in [0.15, 0.2) is 0 Å². The Labute approximate surface area is 110 Å². The molecule has 1 saturated carbocycles. The first-order valence-electron chi connectivity index (χ1n) is 7.48. The molecule has 106 valence electrons. The predicted molar refractivity (Wildman–Crippen MR) is 72.5 cm³/mol. The minimum absolute atomic E-state index is 0.396. The van der Waals surface area contributed by atoms with E-state index in [1.807, 2.05) is 0 Å². The molecule has 0 aromatic carbocycles. The monoisotopic (exact) mass is 256 g/mol. The maximum atomic E-state index is 10.4.